The van der Waals surface area contributed by atoms with Crippen molar-refractivity contribution in [1.29, 1.82) is 0 Å². The van der Waals surface area contributed by atoms with Crippen molar-refractivity contribution in [1.82, 2.24) is 0 Å². The van der Waals surface area contributed by atoms with E-state index in [1.165, 1.54) is 65.4 Å². The summed E-state index contributed by atoms with van der Waals surface area (Å²) < 4.78 is 6.05. The summed E-state index contributed by atoms with van der Waals surface area (Å²) in [7, 11) is 0. The van der Waals surface area contributed by atoms with Gasteiger partial charge in [-0.25, -0.2) is 0 Å². The van der Waals surface area contributed by atoms with Crippen LogP contribution in [0.5, 0.6) is 0 Å². The lowest BCUT2D eigenvalue weighted by Crippen LogP contribution is -2.09. The van der Waals surface area contributed by atoms with Crippen LogP contribution in [0.4, 0.5) is 17.1 Å². The molecule has 2 heterocycles. The first kappa shape index (κ1) is 36.4. The Morgan fingerprint density at radius 2 is 0.607 bits per heavy atom. The number of fused-ring (bicyclic) bond motifs is 3. The van der Waals surface area contributed by atoms with Crippen LogP contribution < -0.4 is 4.90 Å². The van der Waals surface area contributed by atoms with Crippen molar-refractivity contribution >= 4 is 50.3 Å². The van der Waals surface area contributed by atoms with Crippen molar-refractivity contribution in [3.05, 3.63) is 237 Å². The van der Waals surface area contributed by atoms with E-state index in [2.05, 4.69) is 229 Å². The Morgan fingerprint density at radius 3 is 1.08 bits per heavy atom. The third kappa shape index (κ3) is 7.22. The third-order valence-electron chi connectivity index (χ3n) is 11.6. The minimum atomic E-state index is 0.920. The molecule has 0 N–H and O–H groups in total. The second-order valence-corrected chi connectivity index (χ2v) is 16.4. The summed E-state index contributed by atoms with van der Waals surface area (Å²) in [5.74, 6) is 0. The molecule has 3 heteroatoms. The first-order valence-corrected chi connectivity index (χ1v) is 21.5. The van der Waals surface area contributed by atoms with Gasteiger partial charge < -0.3 is 9.32 Å². The molecule has 288 valence electrons. The molecule has 2 aromatic heterocycles. The zero-order chi connectivity index (χ0) is 40.5. The van der Waals surface area contributed by atoms with Gasteiger partial charge in [-0.3, -0.25) is 0 Å². The van der Waals surface area contributed by atoms with Crippen molar-refractivity contribution in [3.63, 3.8) is 0 Å². The number of benzene rings is 9. The van der Waals surface area contributed by atoms with E-state index >= 15 is 0 Å². The summed E-state index contributed by atoms with van der Waals surface area (Å²) in [6.07, 6.45) is 0. The Morgan fingerprint density at radius 1 is 0.262 bits per heavy atom. The highest BCUT2D eigenvalue weighted by Gasteiger charge is 2.15. The predicted octanol–water partition coefficient (Wildman–Crippen LogP) is 17.1. The number of nitrogens with zero attached hydrogens (tertiary/aromatic N) is 1. The zero-order valence-electron chi connectivity index (χ0n) is 33.3. The second kappa shape index (κ2) is 15.8. The van der Waals surface area contributed by atoms with Crippen LogP contribution in [0.3, 0.4) is 0 Å². The molecule has 0 aliphatic carbocycles. The normalized spacial score (nSPS) is 11.3. The van der Waals surface area contributed by atoms with E-state index < -0.39 is 0 Å². The van der Waals surface area contributed by atoms with Crippen LogP contribution in [0, 0.1) is 0 Å². The van der Waals surface area contributed by atoms with Gasteiger partial charge in [-0.2, -0.15) is 0 Å². The van der Waals surface area contributed by atoms with Crippen LogP contribution in [-0.4, -0.2) is 0 Å². The number of furan rings is 1. The van der Waals surface area contributed by atoms with Gasteiger partial charge in [-0.15, -0.1) is 11.3 Å². The lowest BCUT2D eigenvalue weighted by atomic mass is 10.0. The molecule has 11 aromatic rings. The Labute approximate surface area is 359 Å². The quantitative estimate of drug-likeness (QED) is 0.145. The van der Waals surface area contributed by atoms with Crippen molar-refractivity contribution < 1.29 is 4.42 Å². The summed E-state index contributed by atoms with van der Waals surface area (Å²) >= 11 is 1.83. The molecule has 9 aromatic carbocycles. The number of hydrogen-bond donors (Lipinski definition) is 0. The maximum atomic E-state index is 6.05. The highest BCUT2D eigenvalue weighted by molar-refractivity contribution is 7.18. The summed E-state index contributed by atoms with van der Waals surface area (Å²) in [5.41, 5.74) is 17.2. The number of thiophene rings is 1. The molecule has 0 fully saturated rings. The molecule has 0 saturated heterocycles. The van der Waals surface area contributed by atoms with Gasteiger partial charge in [0.25, 0.3) is 0 Å². The number of para-hydroxylation sites is 1. The molecule has 0 aliphatic heterocycles. The lowest BCUT2D eigenvalue weighted by Gasteiger charge is -2.26. The minimum Gasteiger partial charge on any atom is -0.456 e. The molecular formula is C58H39NOS. The molecule has 0 spiro atoms. The molecule has 0 unspecified atom stereocenters. The fraction of sp³-hybridized carbons (Fsp3) is 0. The Hall–Kier alpha value is -7.72. The third-order valence-corrected chi connectivity index (χ3v) is 12.8. The van der Waals surface area contributed by atoms with Crippen LogP contribution in [0.25, 0.3) is 87.3 Å². The molecule has 11 rings (SSSR count). The summed E-state index contributed by atoms with van der Waals surface area (Å²) in [5, 5.41) is 2.30. The zero-order valence-corrected chi connectivity index (χ0v) is 34.1. The average molecular weight is 798 g/mol. The summed E-state index contributed by atoms with van der Waals surface area (Å²) in [4.78, 5) is 4.84. The molecule has 0 amide bonds. The van der Waals surface area contributed by atoms with Crippen LogP contribution in [0.15, 0.2) is 241 Å². The van der Waals surface area contributed by atoms with Gasteiger partial charge in [0.1, 0.15) is 11.2 Å². The molecular weight excluding hydrogens is 759 g/mol. The van der Waals surface area contributed by atoms with Crippen LogP contribution in [-0.2, 0) is 0 Å². The van der Waals surface area contributed by atoms with E-state index in [9.17, 15) is 0 Å². The van der Waals surface area contributed by atoms with Gasteiger partial charge in [-0.05, 0) is 122 Å². The first-order valence-electron chi connectivity index (χ1n) is 20.6. The molecule has 0 aliphatic rings. The fourth-order valence-corrected chi connectivity index (χ4v) is 9.34. The maximum Gasteiger partial charge on any atom is 0.135 e. The smallest absolute Gasteiger partial charge is 0.135 e. The van der Waals surface area contributed by atoms with Crippen LogP contribution >= 0.6 is 11.3 Å². The predicted molar refractivity (Wildman–Crippen MR) is 259 cm³/mol. The number of anilines is 3. The van der Waals surface area contributed by atoms with Gasteiger partial charge in [-0.1, -0.05) is 170 Å². The Balaban J connectivity index is 0.824. The monoisotopic (exact) mass is 797 g/mol. The van der Waals surface area contributed by atoms with Gasteiger partial charge in [0, 0.05) is 37.6 Å². The van der Waals surface area contributed by atoms with E-state index in [-0.39, 0.29) is 0 Å². The van der Waals surface area contributed by atoms with Gasteiger partial charge in [0.2, 0.25) is 0 Å². The highest BCUT2D eigenvalue weighted by Crippen LogP contribution is 2.40. The van der Waals surface area contributed by atoms with Gasteiger partial charge in [0.05, 0.1) is 0 Å². The van der Waals surface area contributed by atoms with Crippen LogP contribution in [0.2, 0.25) is 0 Å². The maximum absolute atomic E-state index is 6.05. The van der Waals surface area contributed by atoms with Crippen LogP contribution in [0.1, 0.15) is 0 Å². The summed E-state index contributed by atoms with van der Waals surface area (Å²) in [6, 6.07) is 84.8. The first-order chi connectivity index (χ1) is 30.2. The standard InChI is InChI=1S/C58H39NOS/c1-3-9-40(10-4-1)43-23-30-50(31-24-43)59(51-32-25-44(26-33-51)41-11-5-2-6-12-41)52-34-27-45(28-35-52)42-15-19-47(20-16-42)57-37-38-58(61-57)48-21-17-46(18-22-48)49-29-36-56-54(39-49)53-13-7-8-14-55(53)60-56/h1-39H. The van der Waals surface area contributed by atoms with Gasteiger partial charge in [0.15, 0.2) is 0 Å². The lowest BCUT2D eigenvalue weighted by molar-refractivity contribution is 0.669. The largest absolute Gasteiger partial charge is 0.456 e. The number of hydrogen-bond acceptors (Lipinski definition) is 3. The molecule has 0 bridgehead atoms. The van der Waals surface area contributed by atoms with E-state index in [4.69, 9.17) is 4.42 Å². The summed E-state index contributed by atoms with van der Waals surface area (Å²) in [6.45, 7) is 0. The molecule has 0 saturated carbocycles. The minimum absolute atomic E-state index is 0.920. The van der Waals surface area contributed by atoms with E-state index in [1.54, 1.807) is 0 Å². The van der Waals surface area contributed by atoms with E-state index in [0.29, 0.717) is 0 Å². The molecule has 0 atom stereocenters. The number of rotatable bonds is 9. The SMILES string of the molecule is c1ccc(-c2ccc(N(c3ccc(-c4ccccc4)cc3)c3ccc(-c4ccc(-c5ccc(-c6ccc(-c7ccc8oc9ccccc9c8c7)cc6)s5)cc4)cc3)cc2)cc1. The van der Waals surface area contributed by atoms with Crippen molar-refractivity contribution in [2.75, 3.05) is 4.90 Å². The second-order valence-electron chi connectivity index (χ2n) is 15.3. The Kier molecular flexibility index (Phi) is 9.42. The Bertz CT molecular complexity index is 3150. The van der Waals surface area contributed by atoms with Crippen molar-refractivity contribution in [2.24, 2.45) is 0 Å². The van der Waals surface area contributed by atoms with E-state index in [1.807, 2.05) is 23.5 Å². The van der Waals surface area contributed by atoms with Gasteiger partial charge >= 0.3 is 0 Å². The fourth-order valence-electron chi connectivity index (χ4n) is 8.32. The van der Waals surface area contributed by atoms with Crippen molar-refractivity contribution in [2.45, 2.75) is 0 Å². The van der Waals surface area contributed by atoms with Crippen molar-refractivity contribution in [3.8, 4) is 65.4 Å². The molecule has 0 radical (unpaired) electrons. The molecule has 61 heavy (non-hydrogen) atoms. The topological polar surface area (TPSA) is 16.4 Å². The average Bonchev–Trinajstić information content (AvgIpc) is 3.99. The molecule has 2 nitrogen and oxygen atoms in total. The van der Waals surface area contributed by atoms with E-state index in [0.717, 1.165) is 39.0 Å². The highest BCUT2D eigenvalue weighted by atomic mass is 32.1.